The largest absolute Gasteiger partial charge is 0.467 e. The summed E-state index contributed by atoms with van der Waals surface area (Å²) in [6.07, 6.45) is 0. The van der Waals surface area contributed by atoms with E-state index in [9.17, 15) is 4.79 Å². The fourth-order valence-electron chi connectivity index (χ4n) is 1.69. The van der Waals surface area contributed by atoms with Gasteiger partial charge in [0, 0.05) is 12.3 Å². The second-order valence-corrected chi connectivity index (χ2v) is 4.40. The molecule has 0 aliphatic heterocycles. The van der Waals surface area contributed by atoms with Gasteiger partial charge in [0.2, 0.25) is 0 Å². The van der Waals surface area contributed by atoms with Gasteiger partial charge in [-0.15, -0.1) is 0 Å². The molecule has 4 nitrogen and oxygen atoms in total. The monoisotopic (exact) mass is 251 g/mol. The normalized spacial score (nSPS) is 13.8. The Morgan fingerprint density at radius 1 is 1.39 bits per heavy atom. The summed E-state index contributed by atoms with van der Waals surface area (Å²) in [5.74, 6) is -0.334. The predicted octanol–water partition coefficient (Wildman–Crippen LogP) is 2.38. The third kappa shape index (κ3) is 3.47. The lowest BCUT2D eigenvalue weighted by Gasteiger charge is -2.29. The second-order valence-electron chi connectivity index (χ2n) is 4.40. The highest BCUT2D eigenvalue weighted by Crippen LogP contribution is 2.20. The molecule has 0 fully saturated rings. The third-order valence-electron chi connectivity index (χ3n) is 2.79. The Bertz CT molecular complexity index is 406. The van der Waals surface area contributed by atoms with Gasteiger partial charge in [0.15, 0.2) is 5.54 Å². The quantitative estimate of drug-likeness (QED) is 0.789. The molecule has 0 aliphatic carbocycles. The van der Waals surface area contributed by atoms with Gasteiger partial charge in [-0.1, -0.05) is 18.2 Å². The number of para-hydroxylation sites is 1. The molecule has 0 radical (unpaired) electrons. The Hall–Kier alpha value is -1.55. The van der Waals surface area contributed by atoms with Crippen LogP contribution in [0, 0.1) is 6.92 Å². The molecule has 0 heterocycles. The van der Waals surface area contributed by atoms with Crippen LogP contribution in [0.1, 0.15) is 19.4 Å². The summed E-state index contributed by atoms with van der Waals surface area (Å²) in [5.41, 5.74) is 1.10. The lowest BCUT2D eigenvalue weighted by Crippen LogP contribution is -2.48. The van der Waals surface area contributed by atoms with Gasteiger partial charge in [0.1, 0.15) is 0 Å². The van der Waals surface area contributed by atoms with Crippen LogP contribution >= 0.6 is 0 Å². The lowest BCUT2D eigenvalue weighted by atomic mass is 10.0. The molecule has 0 amide bonds. The van der Waals surface area contributed by atoms with Gasteiger partial charge in [-0.2, -0.15) is 0 Å². The van der Waals surface area contributed by atoms with Crippen molar-refractivity contribution in [2.24, 2.45) is 0 Å². The zero-order valence-corrected chi connectivity index (χ0v) is 11.4. The minimum Gasteiger partial charge on any atom is -0.467 e. The molecule has 1 atom stereocenters. The van der Waals surface area contributed by atoms with Gasteiger partial charge in [-0.05, 0) is 32.4 Å². The second kappa shape index (κ2) is 6.40. The summed E-state index contributed by atoms with van der Waals surface area (Å²) < 4.78 is 10.2. The molecule has 0 bridgehead atoms. The van der Waals surface area contributed by atoms with Crippen LogP contribution in [0.5, 0.6) is 0 Å². The fourth-order valence-corrected chi connectivity index (χ4v) is 1.69. The number of hydrogen-bond donors (Lipinski definition) is 1. The van der Waals surface area contributed by atoms with Crippen molar-refractivity contribution in [2.45, 2.75) is 26.3 Å². The van der Waals surface area contributed by atoms with Crippen molar-refractivity contribution in [3.63, 3.8) is 0 Å². The lowest BCUT2D eigenvalue weighted by molar-refractivity contribution is -0.147. The number of esters is 1. The van der Waals surface area contributed by atoms with Gasteiger partial charge in [-0.25, -0.2) is 4.79 Å². The van der Waals surface area contributed by atoms with Gasteiger partial charge in [-0.3, -0.25) is 0 Å². The Morgan fingerprint density at radius 3 is 2.61 bits per heavy atom. The predicted molar refractivity (Wildman–Crippen MR) is 71.7 cm³/mol. The van der Waals surface area contributed by atoms with Crippen molar-refractivity contribution in [3.05, 3.63) is 29.8 Å². The number of carbonyl (C=O) groups excluding carboxylic acids is 1. The Morgan fingerprint density at radius 2 is 2.06 bits per heavy atom. The number of ether oxygens (including phenoxy) is 2. The maximum absolute atomic E-state index is 11.9. The van der Waals surface area contributed by atoms with Crippen LogP contribution in [0.2, 0.25) is 0 Å². The summed E-state index contributed by atoms with van der Waals surface area (Å²) in [6.45, 7) is 6.49. The maximum Gasteiger partial charge on any atom is 0.333 e. The standard InChI is InChI=1S/C14H21NO3/c1-5-18-10-14(3,13(16)17-4)15-12-9-7-6-8-11(12)2/h6-9,15H,5,10H2,1-4H3. The molecule has 1 rings (SSSR count). The van der Waals surface area contributed by atoms with Gasteiger partial charge in [0.25, 0.3) is 0 Å². The van der Waals surface area contributed by atoms with Crippen LogP contribution < -0.4 is 5.32 Å². The molecule has 18 heavy (non-hydrogen) atoms. The SMILES string of the molecule is CCOCC(C)(Nc1ccccc1C)C(=O)OC. The molecule has 1 N–H and O–H groups in total. The van der Waals surface area contributed by atoms with E-state index in [2.05, 4.69) is 5.32 Å². The van der Waals surface area contributed by atoms with Gasteiger partial charge in [0.05, 0.1) is 13.7 Å². The summed E-state index contributed by atoms with van der Waals surface area (Å²) in [6, 6.07) is 7.80. The van der Waals surface area contributed by atoms with E-state index in [1.54, 1.807) is 6.92 Å². The molecule has 100 valence electrons. The van der Waals surface area contributed by atoms with Gasteiger partial charge >= 0.3 is 5.97 Å². The average molecular weight is 251 g/mol. The van der Waals surface area contributed by atoms with Crippen LogP contribution in [0.4, 0.5) is 5.69 Å². The maximum atomic E-state index is 11.9. The highest BCUT2D eigenvalue weighted by Gasteiger charge is 2.35. The van der Waals surface area contributed by atoms with Crippen LogP contribution in [0.3, 0.4) is 0 Å². The van der Waals surface area contributed by atoms with Crippen molar-refractivity contribution >= 4 is 11.7 Å². The number of methoxy groups -OCH3 is 1. The Kier molecular flexibility index (Phi) is 5.16. The van der Waals surface area contributed by atoms with Crippen LogP contribution in [0.25, 0.3) is 0 Å². The van der Waals surface area contributed by atoms with E-state index in [0.29, 0.717) is 6.61 Å². The zero-order valence-electron chi connectivity index (χ0n) is 11.4. The molecule has 1 aromatic rings. The molecule has 0 aromatic heterocycles. The number of aryl methyl sites for hydroxylation is 1. The summed E-state index contributed by atoms with van der Waals surface area (Å²) in [5, 5.41) is 3.21. The number of benzene rings is 1. The first-order valence-corrected chi connectivity index (χ1v) is 6.03. The zero-order chi connectivity index (χ0) is 13.6. The van der Waals surface area contributed by atoms with E-state index >= 15 is 0 Å². The molecular formula is C14H21NO3. The van der Waals surface area contributed by atoms with Crippen molar-refractivity contribution in [3.8, 4) is 0 Å². The van der Waals surface area contributed by atoms with E-state index in [1.807, 2.05) is 38.1 Å². The van der Waals surface area contributed by atoms with Crippen molar-refractivity contribution in [1.82, 2.24) is 0 Å². The number of nitrogens with one attached hydrogen (secondary N) is 1. The third-order valence-corrected chi connectivity index (χ3v) is 2.79. The van der Waals surface area contributed by atoms with E-state index in [4.69, 9.17) is 9.47 Å². The van der Waals surface area contributed by atoms with Crippen molar-refractivity contribution in [2.75, 3.05) is 25.6 Å². The minimum atomic E-state index is -0.878. The number of anilines is 1. The Labute approximate surface area is 108 Å². The summed E-state index contributed by atoms with van der Waals surface area (Å²) in [4.78, 5) is 11.9. The number of hydrogen-bond acceptors (Lipinski definition) is 4. The van der Waals surface area contributed by atoms with Crippen molar-refractivity contribution in [1.29, 1.82) is 0 Å². The minimum absolute atomic E-state index is 0.268. The molecule has 0 saturated heterocycles. The average Bonchev–Trinajstić information content (AvgIpc) is 2.38. The molecule has 4 heteroatoms. The topological polar surface area (TPSA) is 47.6 Å². The fraction of sp³-hybridized carbons (Fsp3) is 0.500. The van der Waals surface area contributed by atoms with Crippen LogP contribution in [-0.2, 0) is 14.3 Å². The first-order chi connectivity index (χ1) is 8.53. The molecular weight excluding hydrogens is 230 g/mol. The molecule has 1 unspecified atom stereocenters. The van der Waals surface area contributed by atoms with E-state index in [-0.39, 0.29) is 12.6 Å². The van der Waals surface area contributed by atoms with E-state index < -0.39 is 5.54 Å². The van der Waals surface area contributed by atoms with Crippen molar-refractivity contribution < 1.29 is 14.3 Å². The summed E-state index contributed by atoms with van der Waals surface area (Å²) >= 11 is 0. The van der Waals surface area contributed by atoms with Crippen LogP contribution in [0.15, 0.2) is 24.3 Å². The smallest absolute Gasteiger partial charge is 0.333 e. The number of carbonyl (C=O) groups is 1. The highest BCUT2D eigenvalue weighted by atomic mass is 16.5. The number of rotatable bonds is 6. The summed E-state index contributed by atoms with van der Waals surface area (Å²) in [7, 11) is 1.38. The van der Waals surface area contributed by atoms with E-state index in [1.165, 1.54) is 7.11 Å². The first-order valence-electron chi connectivity index (χ1n) is 6.03. The molecule has 0 spiro atoms. The highest BCUT2D eigenvalue weighted by molar-refractivity contribution is 5.84. The molecule has 0 aliphatic rings. The Balaban J connectivity index is 2.91. The van der Waals surface area contributed by atoms with Crippen LogP contribution in [-0.4, -0.2) is 31.8 Å². The molecule has 1 aromatic carbocycles. The molecule has 0 saturated carbocycles. The van der Waals surface area contributed by atoms with Gasteiger partial charge < -0.3 is 14.8 Å². The first kappa shape index (κ1) is 14.5. The van der Waals surface area contributed by atoms with E-state index in [0.717, 1.165) is 11.3 Å².